The quantitative estimate of drug-likeness (QED) is 0.751. The summed E-state index contributed by atoms with van der Waals surface area (Å²) in [5.74, 6) is 0.498. The van der Waals surface area contributed by atoms with Crippen molar-refractivity contribution in [3.63, 3.8) is 0 Å². The van der Waals surface area contributed by atoms with Crippen LogP contribution in [0.15, 0.2) is 55.0 Å². The van der Waals surface area contributed by atoms with Crippen LogP contribution in [-0.2, 0) is 4.79 Å². The molecular formula is C16H16N6O. The fourth-order valence-corrected chi connectivity index (χ4v) is 2.05. The molecule has 3 aromatic rings. The molecule has 0 aliphatic rings. The van der Waals surface area contributed by atoms with Crippen molar-refractivity contribution in [2.75, 3.05) is 11.9 Å². The van der Waals surface area contributed by atoms with E-state index in [0.717, 1.165) is 11.3 Å². The van der Waals surface area contributed by atoms with E-state index in [2.05, 4.69) is 32.4 Å². The van der Waals surface area contributed by atoms with Crippen LogP contribution >= 0.6 is 0 Å². The lowest BCUT2D eigenvalue weighted by Crippen LogP contribution is -2.26. The van der Waals surface area contributed by atoms with Gasteiger partial charge in [-0.05, 0) is 31.2 Å². The number of hydrogen-bond donors (Lipinski definition) is 2. The number of carbonyl (C=O) groups excluding carboxylic acids is 1. The van der Waals surface area contributed by atoms with E-state index < -0.39 is 0 Å². The molecule has 0 aromatic carbocycles. The van der Waals surface area contributed by atoms with Gasteiger partial charge in [-0.3, -0.25) is 14.2 Å². The van der Waals surface area contributed by atoms with Gasteiger partial charge in [-0.1, -0.05) is 12.6 Å². The van der Waals surface area contributed by atoms with Crippen molar-refractivity contribution in [3.05, 3.63) is 55.0 Å². The Bertz CT molecular complexity index is 852. The number of allylic oxidation sites excluding steroid dienone is 1. The normalized spacial score (nSPS) is 10.5. The molecule has 7 nitrogen and oxygen atoms in total. The highest BCUT2D eigenvalue weighted by Gasteiger charge is 2.09. The minimum atomic E-state index is -0.157. The van der Waals surface area contributed by atoms with Crippen LogP contribution in [0.25, 0.3) is 17.2 Å². The minimum absolute atomic E-state index is 0.157. The number of carbonyl (C=O) groups is 1. The topological polar surface area (TPSA) is 84.2 Å². The predicted octanol–water partition coefficient (Wildman–Crippen LogP) is 1.85. The van der Waals surface area contributed by atoms with Gasteiger partial charge in [0.1, 0.15) is 5.69 Å². The standard InChI is InChI=1S/C16H16N6O/c1-11(2)17-10-15(23)19-12-6-7-13(18-9-12)16-21-20-14-5-3-4-8-22(14)16/h3-9,17H,1,10H2,2H3,(H,19,23). The molecule has 1 amide bonds. The van der Waals surface area contributed by atoms with Gasteiger partial charge >= 0.3 is 0 Å². The Morgan fingerprint density at radius 2 is 2.13 bits per heavy atom. The van der Waals surface area contributed by atoms with Crippen molar-refractivity contribution in [2.45, 2.75) is 6.92 Å². The monoisotopic (exact) mass is 308 g/mol. The van der Waals surface area contributed by atoms with Gasteiger partial charge in [-0.2, -0.15) is 0 Å². The zero-order valence-electron chi connectivity index (χ0n) is 12.7. The average molecular weight is 308 g/mol. The average Bonchev–Trinajstić information content (AvgIpc) is 2.98. The molecule has 3 aromatic heterocycles. The van der Waals surface area contributed by atoms with Crippen LogP contribution in [-0.4, -0.2) is 32.0 Å². The lowest BCUT2D eigenvalue weighted by Gasteiger charge is -2.07. The second kappa shape index (κ2) is 6.27. The molecule has 0 atom stereocenters. The first-order chi connectivity index (χ1) is 11.1. The van der Waals surface area contributed by atoms with Crippen LogP contribution in [0.2, 0.25) is 0 Å². The van der Waals surface area contributed by atoms with E-state index in [1.54, 1.807) is 25.3 Å². The van der Waals surface area contributed by atoms with Gasteiger partial charge in [0.2, 0.25) is 5.91 Å². The zero-order chi connectivity index (χ0) is 16.2. The molecule has 0 spiro atoms. The first-order valence-electron chi connectivity index (χ1n) is 7.09. The van der Waals surface area contributed by atoms with Gasteiger partial charge in [-0.15, -0.1) is 10.2 Å². The van der Waals surface area contributed by atoms with E-state index in [9.17, 15) is 4.79 Å². The second-order valence-electron chi connectivity index (χ2n) is 5.07. The Morgan fingerprint density at radius 1 is 1.26 bits per heavy atom. The number of aromatic nitrogens is 4. The maximum atomic E-state index is 11.7. The molecule has 0 unspecified atom stereocenters. The molecule has 0 bridgehead atoms. The van der Waals surface area contributed by atoms with Crippen molar-refractivity contribution in [1.29, 1.82) is 0 Å². The van der Waals surface area contributed by atoms with Crippen molar-refractivity contribution in [1.82, 2.24) is 24.9 Å². The van der Waals surface area contributed by atoms with Gasteiger partial charge in [-0.25, -0.2) is 0 Å². The molecule has 0 fully saturated rings. The maximum absolute atomic E-state index is 11.7. The molecule has 0 saturated heterocycles. The van der Waals surface area contributed by atoms with Gasteiger partial charge in [0.05, 0.1) is 18.4 Å². The largest absolute Gasteiger partial charge is 0.380 e. The van der Waals surface area contributed by atoms with Crippen molar-refractivity contribution in [3.8, 4) is 11.5 Å². The summed E-state index contributed by atoms with van der Waals surface area (Å²) in [5, 5.41) is 13.9. The molecule has 116 valence electrons. The molecule has 2 N–H and O–H groups in total. The Labute approximate surface area is 133 Å². The van der Waals surface area contributed by atoms with Crippen LogP contribution in [0.4, 0.5) is 5.69 Å². The summed E-state index contributed by atoms with van der Waals surface area (Å²) in [5.41, 5.74) is 2.80. The van der Waals surface area contributed by atoms with E-state index in [1.807, 2.05) is 28.8 Å². The van der Waals surface area contributed by atoms with Gasteiger partial charge in [0.25, 0.3) is 0 Å². The fourth-order valence-electron chi connectivity index (χ4n) is 2.05. The van der Waals surface area contributed by atoms with Crippen LogP contribution in [0, 0.1) is 0 Å². The fraction of sp³-hybridized carbons (Fsp3) is 0.125. The number of nitrogens with one attached hydrogen (secondary N) is 2. The van der Waals surface area contributed by atoms with Gasteiger partial charge in [0, 0.05) is 11.9 Å². The van der Waals surface area contributed by atoms with E-state index in [-0.39, 0.29) is 12.5 Å². The molecule has 3 rings (SSSR count). The summed E-state index contributed by atoms with van der Waals surface area (Å²) in [4.78, 5) is 16.1. The SMILES string of the molecule is C=C(C)NCC(=O)Nc1ccc(-c2nnc3ccccn23)nc1. The zero-order valence-corrected chi connectivity index (χ0v) is 12.7. The van der Waals surface area contributed by atoms with Crippen LogP contribution < -0.4 is 10.6 Å². The van der Waals surface area contributed by atoms with E-state index in [0.29, 0.717) is 17.2 Å². The number of amides is 1. The first-order valence-corrected chi connectivity index (χ1v) is 7.09. The van der Waals surface area contributed by atoms with Crippen LogP contribution in [0.5, 0.6) is 0 Å². The molecule has 23 heavy (non-hydrogen) atoms. The molecular weight excluding hydrogens is 292 g/mol. The summed E-state index contributed by atoms with van der Waals surface area (Å²) >= 11 is 0. The number of hydrogen-bond acceptors (Lipinski definition) is 5. The van der Waals surface area contributed by atoms with Crippen molar-refractivity contribution in [2.24, 2.45) is 0 Å². The third-order valence-corrected chi connectivity index (χ3v) is 3.14. The first kappa shape index (κ1) is 14.7. The van der Waals surface area contributed by atoms with Gasteiger partial charge < -0.3 is 10.6 Å². The number of rotatable bonds is 5. The molecule has 0 radical (unpaired) electrons. The third kappa shape index (κ3) is 3.34. The summed E-state index contributed by atoms with van der Waals surface area (Å²) < 4.78 is 1.86. The molecule has 7 heteroatoms. The number of nitrogens with zero attached hydrogens (tertiary/aromatic N) is 4. The highest BCUT2D eigenvalue weighted by Crippen LogP contribution is 2.17. The lowest BCUT2D eigenvalue weighted by molar-refractivity contribution is -0.115. The molecule has 0 saturated carbocycles. The van der Waals surface area contributed by atoms with Gasteiger partial charge in [0.15, 0.2) is 11.5 Å². The Balaban J connectivity index is 1.74. The third-order valence-electron chi connectivity index (χ3n) is 3.14. The summed E-state index contributed by atoms with van der Waals surface area (Å²) in [6.45, 7) is 5.65. The summed E-state index contributed by atoms with van der Waals surface area (Å²) in [6, 6.07) is 9.26. The second-order valence-corrected chi connectivity index (χ2v) is 5.07. The minimum Gasteiger partial charge on any atom is -0.380 e. The van der Waals surface area contributed by atoms with Crippen molar-refractivity contribution < 1.29 is 4.79 Å². The highest BCUT2D eigenvalue weighted by molar-refractivity contribution is 5.92. The van der Waals surface area contributed by atoms with Crippen molar-refractivity contribution >= 4 is 17.2 Å². The molecule has 0 aliphatic carbocycles. The number of pyridine rings is 2. The molecule has 3 heterocycles. The molecule has 0 aliphatic heterocycles. The van der Waals surface area contributed by atoms with E-state index in [1.165, 1.54) is 0 Å². The number of anilines is 1. The Hall–Kier alpha value is -3.22. The van der Waals surface area contributed by atoms with E-state index in [4.69, 9.17) is 0 Å². The predicted molar refractivity (Wildman–Crippen MR) is 87.7 cm³/mol. The summed E-state index contributed by atoms with van der Waals surface area (Å²) in [7, 11) is 0. The van der Waals surface area contributed by atoms with Crippen LogP contribution in [0.3, 0.4) is 0 Å². The summed E-state index contributed by atoms with van der Waals surface area (Å²) in [6.07, 6.45) is 3.48. The number of fused-ring (bicyclic) bond motifs is 1. The highest BCUT2D eigenvalue weighted by atomic mass is 16.1. The Morgan fingerprint density at radius 3 is 2.87 bits per heavy atom. The Kier molecular flexibility index (Phi) is 4.01. The smallest absolute Gasteiger partial charge is 0.243 e. The lowest BCUT2D eigenvalue weighted by atomic mass is 10.3. The van der Waals surface area contributed by atoms with Crippen LogP contribution in [0.1, 0.15) is 6.92 Å². The maximum Gasteiger partial charge on any atom is 0.243 e. The van der Waals surface area contributed by atoms with E-state index >= 15 is 0 Å².